The molecule has 1 aromatic rings. The molecule has 1 rings (SSSR count). The molecule has 6 nitrogen and oxygen atoms in total. The lowest BCUT2D eigenvalue weighted by Gasteiger charge is -2.12. The van der Waals surface area contributed by atoms with Crippen LogP contribution >= 0.6 is 0 Å². The molecule has 0 atom stereocenters. The summed E-state index contributed by atoms with van der Waals surface area (Å²) < 4.78 is 29.5. The Morgan fingerprint density at radius 2 is 1.95 bits per heavy atom. The number of sulfonamides is 1. The Morgan fingerprint density at radius 3 is 2.43 bits per heavy atom. The minimum Gasteiger partial charge on any atom is -0.461 e. The molecular weight excluding hydrogens is 292 g/mol. The zero-order valence-electron chi connectivity index (χ0n) is 13.0. The molecular formula is C14H24N2O4S. The highest BCUT2D eigenvalue weighted by molar-refractivity contribution is 7.89. The third kappa shape index (κ3) is 5.17. The van der Waals surface area contributed by atoms with E-state index in [1.807, 2.05) is 13.8 Å². The lowest BCUT2D eigenvalue weighted by Crippen LogP contribution is -2.14. The molecule has 0 unspecified atom stereocenters. The highest BCUT2D eigenvalue weighted by Gasteiger charge is 2.21. The third-order valence-electron chi connectivity index (χ3n) is 3.08. The predicted octanol–water partition coefficient (Wildman–Crippen LogP) is 2.31. The van der Waals surface area contributed by atoms with Crippen molar-refractivity contribution in [3.8, 4) is 0 Å². The van der Waals surface area contributed by atoms with Crippen molar-refractivity contribution in [2.24, 2.45) is 11.1 Å². The number of primary sulfonamides is 1. The molecule has 0 saturated carbocycles. The maximum absolute atomic E-state index is 12.1. The second-order valence-electron chi connectivity index (χ2n) is 5.78. The number of carbonyl (C=O) groups is 1. The average molecular weight is 316 g/mol. The number of esters is 1. The zero-order chi connectivity index (χ0) is 16.2. The standard InChI is InChI=1S/C14H24N2O4S/c1-10(2)6-5-7-20-14(17)13-8-12(21(15,18)19)9-16(13)11(3)4/h8-11H,5-7H2,1-4H3,(H2,15,18,19). The fraction of sp³-hybridized carbons (Fsp3) is 0.643. The first-order chi connectivity index (χ1) is 9.62. The maximum Gasteiger partial charge on any atom is 0.354 e. The minimum absolute atomic E-state index is 0.0706. The van der Waals surface area contributed by atoms with Crippen molar-refractivity contribution in [2.45, 2.75) is 51.5 Å². The number of carbonyl (C=O) groups excluding carboxylic acids is 1. The number of nitrogens with zero attached hydrogens (tertiary/aromatic N) is 1. The molecule has 1 aromatic heterocycles. The van der Waals surface area contributed by atoms with Crippen LogP contribution in [0.3, 0.4) is 0 Å². The summed E-state index contributed by atoms with van der Waals surface area (Å²) in [7, 11) is -3.84. The number of nitrogens with two attached hydrogens (primary N) is 1. The van der Waals surface area contributed by atoms with E-state index in [0.717, 1.165) is 12.8 Å². The van der Waals surface area contributed by atoms with E-state index in [-0.39, 0.29) is 16.6 Å². The first-order valence-electron chi connectivity index (χ1n) is 7.04. The summed E-state index contributed by atoms with van der Waals surface area (Å²) in [6, 6.07) is 1.19. The van der Waals surface area contributed by atoms with Crippen molar-refractivity contribution < 1.29 is 17.9 Å². The van der Waals surface area contributed by atoms with Gasteiger partial charge in [0.2, 0.25) is 10.0 Å². The van der Waals surface area contributed by atoms with E-state index >= 15 is 0 Å². The Labute approximate surface area is 126 Å². The van der Waals surface area contributed by atoms with Crippen molar-refractivity contribution >= 4 is 16.0 Å². The topological polar surface area (TPSA) is 91.4 Å². The summed E-state index contributed by atoms with van der Waals surface area (Å²) in [5.41, 5.74) is 0.207. The molecule has 0 spiro atoms. The molecule has 7 heteroatoms. The van der Waals surface area contributed by atoms with Gasteiger partial charge in [0, 0.05) is 12.2 Å². The van der Waals surface area contributed by atoms with Crippen molar-refractivity contribution in [3.05, 3.63) is 18.0 Å². The van der Waals surface area contributed by atoms with Crippen LogP contribution in [0.2, 0.25) is 0 Å². The molecule has 120 valence electrons. The molecule has 0 fully saturated rings. The van der Waals surface area contributed by atoms with Crippen LogP contribution in [0.25, 0.3) is 0 Å². The van der Waals surface area contributed by atoms with Gasteiger partial charge in [-0.1, -0.05) is 13.8 Å². The molecule has 1 heterocycles. The number of aromatic nitrogens is 1. The lowest BCUT2D eigenvalue weighted by atomic mass is 10.1. The molecule has 0 aliphatic carbocycles. The molecule has 0 aliphatic rings. The Bertz CT molecular complexity index is 588. The Morgan fingerprint density at radius 1 is 1.33 bits per heavy atom. The maximum atomic E-state index is 12.1. The van der Waals surface area contributed by atoms with Crippen LogP contribution in [0.1, 0.15) is 57.1 Å². The summed E-state index contributed by atoms with van der Waals surface area (Å²) in [4.78, 5) is 12.0. The second-order valence-corrected chi connectivity index (χ2v) is 7.34. The van der Waals surface area contributed by atoms with Crippen LogP contribution in [0.5, 0.6) is 0 Å². The van der Waals surface area contributed by atoms with Gasteiger partial charge in [-0.05, 0) is 38.7 Å². The van der Waals surface area contributed by atoms with Gasteiger partial charge in [-0.15, -0.1) is 0 Å². The van der Waals surface area contributed by atoms with Gasteiger partial charge in [0.05, 0.1) is 6.61 Å². The van der Waals surface area contributed by atoms with Gasteiger partial charge in [-0.2, -0.15) is 0 Å². The van der Waals surface area contributed by atoms with Crippen LogP contribution in [0.15, 0.2) is 17.2 Å². The normalized spacial score (nSPS) is 12.1. The molecule has 2 N–H and O–H groups in total. The van der Waals surface area contributed by atoms with Gasteiger partial charge >= 0.3 is 5.97 Å². The van der Waals surface area contributed by atoms with E-state index in [2.05, 4.69) is 13.8 Å². The molecule has 0 bridgehead atoms. The summed E-state index contributed by atoms with van der Waals surface area (Å²) in [5, 5.41) is 5.10. The molecule has 0 saturated heterocycles. The van der Waals surface area contributed by atoms with Crippen molar-refractivity contribution in [1.29, 1.82) is 0 Å². The quantitative estimate of drug-likeness (QED) is 0.617. The SMILES string of the molecule is CC(C)CCCOC(=O)c1cc(S(N)(=O)=O)cn1C(C)C. The first kappa shape index (κ1) is 17.7. The largest absolute Gasteiger partial charge is 0.461 e. The Kier molecular flexibility index (Phi) is 5.98. The van der Waals surface area contributed by atoms with Crippen LogP contribution in [-0.4, -0.2) is 25.6 Å². The van der Waals surface area contributed by atoms with Gasteiger partial charge in [0.15, 0.2) is 0 Å². The number of hydrogen-bond acceptors (Lipinski definition) is 4. The lowest BCUT2D eigenvalue weighted by molar-refractivity contribution is 0.0480. The van der Waals surface area contributed by atoms with Crippen LogP contribution in [0.4, 0.5) is 0 Å². The van der Waals surface area contributed by atoms with E-state index in [4.69, 9.17) is 9.88 Å². The fourth-order valence-corrected chi connectivity index (χ4v) is 2.47. The molecule has 0 aliphatic heterocycles. The van der Waals surface area contributed by atoms with Gasteiger partial charge < -0.3 is 9.30 Å². The highest BCUT2D eigenvalue weighted by atomic mass is 32.2. The summed E-state index contributed by atoms with van der Waals surface area (Å²) in [6.45, 7) is 8.23. The Balaban J connectivity index is 2.85. The van der Waals surface area contributed by atoms with Gasteiger partial charge in [0.25, 0.3) is 0 Å². The second kappa shape index (κ2) is 7.09. The minimum atomic E-state index is -3.84. The Hall–Kier alpha value is -1.34. The average Bonchev–Trinajstić information content (AvgIpc) is 2.79. The van der Waals surface area contributed by atoms with Gasteiger partial charge in [-0.25, -0.2) is 18.4 Å². The third-order valence-corrected chi connectivity index (χ3v) is 3.96. The number of rotatable bonds is 7. The van der Waals surface area contributed by atoms with E-state index in [1.54, 1.807) is 4.57 Å². The molecule has 0 amide bonds. The van der Waals surface area contributed by atoms with E-state index in [0.29, 0.717) is 12.5 Å². The molecule has 0 aromatic carbocycles. The van der Waals surface area contributed by atoms with Crippen LogP contribution in [0, 0.1) is 5.92 Å². The monoisotopic (exact) mass is 316 g/mol. The van der Waals surface area contributed by atoms with E-state index < -0.39 is 16.0 Å². The van der Waals surface area contributed by atoms with Gasteiger partial charge in [-0.3, -0.25) is 0 Å². The number of ether oxygens (including phenoxy) is 1. The van der Waals surface area contributed by atoms with Crippen molar-refractivity contribution in [3.63, 3.8) is 0 Å². The van der Waals surface area contributed by atoms with E-state index in [9.17, 15) is 13.2 Å². The highest BCUT2D eigenvalue weighted by Crippen LogP contribution is 2.19. The summed E-state index contributed by atoms with van der Waals surface area (Å²) in [6.07, 6.45) is 3.12. The van der Waals surface area contributed by atoms with E-state index in [1.165, 1.54) is 12.3 Å². The first-order valence-corrected chi connectivity index (χ1v) is 8.59. The van der Waals surface area contributed by atoms with Crippen LogP contribution < -0.4 is 5.14 Å². The number of hydrogen-bond donors (Lipinski definition) is 1. The van der Waals surface area contributed by atoms with Crippen molar-refractivity contribution in [1.82, 2.24) is 4.57 Å². The zero-order valence-corrected chi connectivity index (χ0v) is 13.8. The molecule has 0 radical (unpaired) electrons. The predicted molar refractivity (Wildman–Crippen MR) is 80.5 cm³/mol. The van der Waals surface area contributed by atoms with Crippen molar-refractivity contribution in [2.75, 3.05) is 6.61 Å². The van der Waals surface area contributed by atoms with Gasteiger partial charge in [0.1, 0.15) is 10.6 Å². The fourth-order valence-electron chi connectivity index (χ4n) is 1.93. The summed E-state index contributed by atoms with van der Waals surface area (Å²) >= 11 is 0. The summed E-state index contributed by atoms with van der Waals surface area (Å²) in [5.74, 6) is 0.0274. The smallest absolute Gasteiger partial charge is 0.354 e. The van der Waals surface area contributed by atoms with Crippen LogP contribution in [-0.2, 0) is 14.8 Å². The molecule has 21 heavy (non-hydrogen) atoms.